The highest BCUT2D eigenvalue weighted by atomic mass is 15.4. The zero-order valence-corrected chi connectivity index (χ0v) is 14.7. The van der Waals surface area contributed by atoms with E-state index in [4.69, 9.17) is 10.1 Å². The van der Waals surface area contributed by atoms with Crippen LogP contribution < -0.4 is 4.90 Å². The highest BCUT2D eigenvalue weighted by Crippen LogP contribution is 2.31. The van der Waals surface area contributed by atoms with Gasteiger partial charge in [0.25, 0.3) is 0 Å². The van der Waals surface area contributed by atoms with E-state index >= 15 is 0 Å². The number of aryl methyl sites for hydroxylation is 3. The second-order valence-corrected chi connectivity index (χ2v) is 6.87. The lowest BCUT2D eigenvalue weighted by atomic mass is 10.0. The summed E-state index contributed by atoms with van der Waals surface area (Å²) in [6.45, 7) is 8.49. The Hall–Kier alpha value is -2.36. The standard InChI is InChI=1S/C20H24N4/c1-14-7-9-17(10-8-14)19-16(3)22-24-18(13-15(2)21-20(19)24)23-11-5-4-6-12-23/h7-10,13H,4-6,11-12H2,1-3H3. The maximum atomic E-state index is 4.84. The number of anilines is 1. The van der Waals surface area contributed by atoms with Gasteiger partial charge >= 0.3 is 0 Å². The molecule has 0 saturated carbocycles. The normalized spacial score (nSPS) is 15.2. The van der Waals surface area contributed by atoms with E-state index in [0.717, 1.165) is 35.7 Å². The largest absolute Gasteiger partial charge is 0.356 e. The van der Waals surface area contributed by atoms with Gasteiger partial charge in [-0.1, -0.05) is 29.8 Å². The monoisotopic (exact) mass is 320 g/mol. The van der Waals surface area contributed by atoms with Crippen molar-refractivity contribution in [1.82, 2.24) is 14.6 Å². The molecule has 2 aromatic heterocycles. The van der Waals surface area contributed by atoms with E-state index in [0.29, 0.717) is 0 Å². The molecule has 4 heteroatoms. The predicted molar refractivity (Wildman–Crippen MR) is 98.7 cm³/mol. The summed E-state index contributed by atoms with van der Waals surface area (Å²) in [6, 6.07) is 10.8. The van der Waals surface area contributed by atoms with E-state index in [1.54, 1.807) is 0 Å². The van der Waals surface area contributed by atoms with Crippen LogP contribution in [0, 0.1) is 20.8 Å². The van der Waals surface area contributed by atoms with Gasteiger partial charge in [0.1, 0.15) is 5.82 Å². The lowest BCUT2D eigenvalue weighted by molar-refractivity contribution is 0.568. The molecule has 0 spiro atoms. The van der Waals surface area contributed by atoms with E-state index in [2.05, 4.69) is 56.0 Å². The van der Waals surface area contributed by atoms with E-state index in [-0.39, 0.29) is 0 Å². The van der Waals surface area contributed by atoms with Gasteiger partial charge in [-0.15, -0.1) is 0 Å². The maximum Gasteiger partial charge on any atom is 0.165 e. The molecule has 0 N–H and O–H groups in total. The highest BCUT2D eigenvalue weighted by Gasteiger charge is 2.20. The first-order valence-electron chi connectivity index (χ1n) is 8.82. The average Bonchev–Trinajstić information content (AvgIpc) is 2.91. The van der Waals surface area contributed by atoms with Crippen LogP contribution >= 0.6 is 0 Å². The van der Waals surface area contributed by atoms with Crippen molar-refractivity contribution >= 4 is 11.5 Å². The molecule has 0 aliphatic carbocycles. The number of fused-ring (bicyclic) bond motifs is 1. The van der Waals surface area contributed by atoms with E-state index in [1.807, 2.05) is 4.52 Å². The fourth-order valence-corrected chi connectivity index (χ4v) is 3.63. The molecule has 1 aliphatic heterocycles. The predicted octanol–water partition coefficient (Wildman–Crippen LogP) is 4.31. The summed E-state index contributed by atoms with van der Waals surface area (Å²) in [5, 5.41) is 4.84. The fourth-order valence-electron chi connectivity index (χ4n) is 3.63. The Labute approximate surface area is 143 Å². The molecule has 124 valence electrons. The Kier molecular flexibility index (Phi) is 3.75. The van der Waals surface area contributed by atoms with Crippen molar-refractivity contribution in [2.24, 2.45) is 0 Å². The third-order valence-electron chi connectivity index (χ3n) is 4.89. The van der Waals surface area contributed by atoms with Crippen LogP contribution in [0.3, 0.4) is 0 Å². The van der Waals surface area contributed by atoms with Crippen LogP contribution in [-0.4, -0.2) is 27.7 Å². The Balaban J connectivity index is 1.91. The number of piperidine rings is 1. The minimum absolute atomic E-state index is 0.969. The molecule has 1 aromatic carbocycles. The SMILES string of the molecule is Cc1ccc(-c2c(C)nn3c(N4CCCCC4)cc(C)nc23)cc1. The molecule has 3 aromatic rings. The summed E-state index contributed by atoms with van der Waals surface area (Å²) in [5.41, 5.74) is 6.67. The molecule has 1 aliphatic rings. The van der Waals surface area contributed by atoms with Gasteiger partial charge in [0.2, 0.25) is 0 Å². The minimum Gasteiger partial charge on any atom is -0.356 e. The van der Waals surface area contributed by atoms with Crippen molar-refractivity contribution in [1.29, 1.82) is 0 Å². The van der Waals surface area contributed by atoms with Crippen LogP contribution in [0.4, 0.5) is 5.82 Å². The third kappa shape index (κ3) is 2.56. The van der Waals surface area contributed by atoms with Crippen molar-refractivity contribution in [3.63, 3.8) is 0 Å². The number of rotatable bonds is 2. The molecular formula is C20H24N4. The topological polar surface area (TPSA) is 33.4 Å². The van der Waals surface area contributed by atoms with Crippen molar-refractivity contribution in [2.75, 3.05) is 18.0 Å². The number of benzene rings is 1. The summed E-state index contributed by atoms with van der Waals surface area (Å²) >= 11 is 0. The summed E-state index contributed by atoms with van der Waals surface area (Å²) < 4.78 is 2.04. The first-order valence-corrected chi connectivity index (χ1v) is 8.82. The summed E-state index contributed by atoms with van der Waals surface area (Å²) in [6.07, 6.45) is 3.85. The van der Waals surface area contributed by atoms with E-state index in [1.165, 1.54) is 36.2 Å². The molecule has 24 heavy (non-hydrogen) atoms. The Morgan fingerprint density at radius 2 is 1.62 bits per heavy atom. The molecule has 1 saturated heterocycles. The van der Waals surface area contributed by atoms with Crippen LogP contribution in [0.1, 0.15) is 36.2 Å². The van der Waals surface area contributed by atoms with Crippen molar-refractivity contribution in [2.45, 2.75) is 40.0 Å². The molecule has 0 unspecified atom stereocenters. The van der Waals surface area contributed by atoms with E-state index in [9.17, 15) is 0 Å². The molecule has 3 heterocycles. The molecule has 0 atom stereocenters. The van der Waals surface area contributed by atoms with Gasteiger partial charge in [-0.3, -0.25) is 0 Å². The van der Waals surface area contributed by atoms with Gasteiger partial charge in [0.05, 0.1) is 5.69 Å². The zero-order chi connectivity index (χ0) is 16.7. The summed E-state index contributed by atoms with van der Waals surface area (Å²) in [4.78, 5) is 7.28. The lowest BCUT2D eigenvalue weighted by Gasteiger charge is -2.29. The second-order valence-electron chi connectivity index (χ2n) is 6.87. The lowest BCUT2D eigenvalue weighted by Crippen LogP contribution is -2.31. The van der Waals surface area contributed by atoms with Gasteiger partial charge in [0.15, 0.2) is 5.65 Å². The minimum atomic E-state index is 0.969. The second kappa shape index (κ2) is 5.93. The Bertz CT molecular complexity index is 871. The highest BCUT2D eigenvalue weighted by molar-refractivity contribution is 5.81. The van der Waals surface area contributed by atoms with E-state index < -0.39 is 0 Å². The van der Waals surface area contributed by atoms with Crippen LogP contribution in [0.2, 0.25) is 0 Å². The molecular weight excluding hydrogens is 296 g/mol. The van der Waals surface area contributed by atoms with Crippen LogP contribution in [-0.2, 0) is 0 Å². The number of hydrogen-bond acceptors (Lipinski definition) is 3. The van der Waals surface area contributed by atoms with Gasteiger partial charge in [0, 0.05) is 30.4 Å². The zero-order valence-electron chi connectivity index (χ0n) is 14.7. The quantitative estimate of drug-likeness (QED) is 0.705. The van der Waals surface area contributed by atoms with Gasteiger partial charge in [-0.2, -0.15) is 9.61 Å². The number of hydrogen-bond donors (Lipinski definition) is 0. The Morgan fingerprint density at radius 3 is 2.33 bits per heavy atom. The first-order chi connectivity index (χ1) is 11.6. The van der Waals surface area contributed by atoms with Crippen LogP contribution in [0.25, 0.3) is 16.8 Å². The fraction of sp³-hybridized carbons (Fsp3) is 0.400. The van der Waals surface area contributed by atoms with Crippen molar-refractivity contribution in [3.8, 4) is 11.1 Å². The summed E-state index contributed by atoms with van der Waals surface area (Å²) in [7, 11) is 0. The maximum absolute atomic E-state index is 4.84. The summed E-state index contributed by atoms with van der Waals surface area (Å²) in [5.74, 6) is 1.18. The number of aromatic nitrogens is 3. The smallest absolute Gasteiger partial charge is 0.165 e. The molecule has 1 fully saturated rings. The van der Waals surface area contributed by atoms with Gasteiger partial charge < -0.3 is 4.90 Å². The molecule has 4 rings (SSSR count). The van der Waals surface area contributed by atoms with Crippen molar-refractivity contribution in [3.05, 3.63) is 47.3 Å². The average molecular weight is 320 g/mol. The van der Waals surface area contributed by atoms with Crippen molar-refractivity contribution < 1.29 is 0 Å². The molecule has 0 radical (unpaired) electrons. The van der Waals surface area contributed by atoms with Crippen LogP contribution in [0.15, 0.2) is 30.3 Å². The molecule has 0 amide bonds. The van der Waals surface area contributed by atoms with Gasteiger partial charge in [-0.05, 0) is 45.6 Å². The molecule has 0 bridgehead atoms. The van der Waals surface area contributed by atoms with Gasteiger partial charge in [-0.25, -0.2) is 4.98 Å². The Morgan fingerprint density at radius 1 is 0.917 bits per heavy atom. The number of nitrogens with zero attached hydrogens (tertiary/aromatic N) is 4. The third-order valence-corrected chi connectivity index (χ3v) is 4.89. The first kappa shape index (κ1) is 15.2. The van der Waals surface area contributed by atoms with Crippen LogP contribution in [0.5, 0.6) is 0 Å². The molecule has 4 nitrogen and oxygen atoms in total.